The number of thioether (sulfide) groups is 1. The van der Waals surface area contributed by atoms with Gasteiger partial charge in [0.2, 0.25) is 0 Å². The normalized spacial score (nSPS) is 16.9. The minimum Gasteiger partial charge on any atom is -0.508 e. The van der Waals surface area contributed by atoms with Crippen LogP contribution in [0.2, 0.25) is 0 Å². The first-order valence-corrected chi connectivity index (χ1v) is 8.74. The number of carboxylic acid groups (broad SMARTS) is 1. The molecule has 3 rings (SSSR count). The zero-order valence-electron chi connectivity index (χ0n) is 14.3. The van der Waals surface area contributed by atoms with Crippen molar-refractivity contribution >= 4 is 40.6 Å². The van der Waals surface area contributed by atoms with Gasteiger partial charge in [0, 0.05) is 7.05 Å². The second kappa shape index (κ2) is 7.96. The molecular weight excluding hydrogens is 368 g/mol. The molecule has 2 aromatic rings. The molecule has 7 nitrogen and oxygen atoms in total. The molecule has 0 bridgehead atoms. The molecule has 0 unspecified atom stereocenters. The number of phenols is 1. The number of amides is 1. The van der Waals surface area contributed by atoms with Gasteiger partial charge in [-0.05, 0) is 59.8 Å². The molecule has 138 valence electrons. The molecule has 0 aliphatic carbocycles. The quantitative estimate of drug-likeness (QED) is 0.769. The number of phenolic OH excluding ortho intramolecular Hbond substituents is 1. The van der Waals surface area contributed by atoms with Gasteiger partial charge in [0.05, 0.1) is 10.6 Å². The number of hydrogen-bond acceptors (Lipinski definition) is 6. The zero-order chi connectivity index (χ0) is 19.4. The van der Waals surface area contributed by atoms with Crippen LogP contribution in [0.4, 0.5) is 5.69 Å². The molecule has 1 aliphatic heterocycles. The third-order valence-corrected chi connectivity index (χ3v) is 4.68. The van der Waals surface area contributed by atoms with E-state index in [1.54, 1.807) is 49.5 Å². The molecule has 1 amide bonds. The summed E-state index contributed by atoms with van der Waals surface area (Å²) in [6, 6.07) is 13.2. The minimum atomic E-state index is -1.04. The number of carbonyl (C=O) groups is 2. The molecule has 1 fully saturated rings. The number of benzene rings is 2. The number of carbonyl (C=O) groups excluding carboxylic acids is 1. The Morgan fingerprint density at radius 3 is 2.48 bits per heavy atom. The van der Waals surface area contributed by atoms with E-state index >= 15 is 0 Å². The lowest BCUT2D eigenvalue weighted by molar-refractivity contribution is -0.139. The van der Waals surface area contributed by atoms with Crippen LogP contribution in [0.3, 0.4) is 0 Å². The summed E-state index contributed by atoms with van der Waals surface area (Å²) in [6.07, 6.45) is 1.74. The first-order chi connectivity index (χ1) is 12.9. The maximum atomic E-state index is 12.4. The van der Waals surface area contributed by atoms with E-state index in [1.165, 1.54) is 28.8 Å². The fourth-order valence-corrected chi connectivity index (χ4v) is 3.23. The second-order valence-electron chi connectivity index (χ2n) is 5.64. The van der Waals surface area contributed by atoms with Gasteiger partial charge in [-0.15, -0.1) is 0 Å². The molecule has 8 heteroatoms. The lowest BCUT2D eigenvalue weighted by atomic mass is 10.2. The van der Waals surface area contributed by atoms with E-state index in [4.69, 9.17) is 9.84 Å². The Kier molecular flexibility index (Phi) is 5.46. The third kappa shape index (κ3) is 4.68. The van der Waals surface area contributed by atoms with Crippen LogP contribution >= 0.6 is 11.8 Å². The van der Waals surface area contributed by atoms with Gasteiger partial charge in [0.25, 0.3) is 5.91 Å². The van der Waals surface area contributed by atoms with Crippen LogP contribution in [0.15, 0.2) is 58.4 Å². The Morgan fingerprint density at radius 2 is 1.85 bits per heavy atom. The number of aliphatic imine (C=N–C) groups is 1. The Hall–Kier alpha value is -3.26. The molecule has 0 saturated carbocycles. The number of ether oxygens (including phenoxy) is 1. The number of carboxylic acids is 1. The summed E-state index contributed by atoms with van der Waals surface area (Å²) in [7, 11) is 1.65. The highest BCUT2D eigenvalue weighted by Crippen LogP contribution is 2.33. The Bertz CT molecular complexity index is 920. The predicted molar refractivity (Wildman–Crippen MR) is 103 cm³/mol. The average molecular weight is 384 g/mol. The van der Waals surface area contributed by atoms with E-state index in [-0.39, 0.29) is 11.7 Å². The molecule has 1 aliphatic rings. The van der Waals surface area contributed by atoms with Crippen LogP contribution < -0.4 is 4.74 Å². The van der Waals surface area contributed by atoms with Crippen LogP contribution in [-0.4, -0.2) is 45.8 Å². The summed E-state index contributed by atoms with van der Waals surface area (Å²) < 4.78 is 5.08. The molecule has 1 heterocycles. The van der Waals surface area contributed by atoms with E-state index < -0.39 is 12.6 Å². The van der Waals surface area contributed by atoms with Crippen LogP contribution in [0.25, 0.3) is 6.08 Å². The average Bonchev–Trinajstić information content (AvgIpc) is 2.91. The fourth-order valence-electron chi connectivity index (χ4n) is 2.25. The Morgan fingerprint density at radius 1 is 1.19 bits per heavy atom. The van der Waals surface area contributed by atoms with Gasteiger partial charge in [-0.3, -0.25) is 9.69 Å². The third-order valence-electron chi connectivity index (χ3n) is 3.62. The van der Waals surface area contributed by atoms with Gasteiger partial charge >= 0.3 is 5.97 Å². The largest absolute Gasteiger partial charge is 0.508 e. The fraction of sp³-hybridized carbons (Fsp3) is 0.105. The van der Waals surface area contributed by atoms with Crippen molar-refractivity contribution in [2.24, 2.45) is 4.99 Å². The number of rotatable bonds is 5. The van der Waals surface area contributed by atoms with Crippen molar-refractivity contribution in [1.29, 1.82) is 0 Å². The number of nitrogens with zero attached hydrogens (tertiary/aromatic N) is 2. The van der Waals surface area contributed by atoms with Gasteiger partial charge < -0.3 is 14.9 Å². The molecular formula is C19H16N2O5S. The summed E-state index contributed by atoms with van der Waals surface area (Å²) in [5.41, 5.74) is 1.42. The predicted octanol–water partition coefficient (Wildman–Crippen LogP) is 3.09. The monoisotopic (exact) mass is 384 g/mol. The van der Waals surface area contributed by atoms with Gasteiger partial charge in [-0.1, -0.05) is 12.1 Å². The molecule has 2 aromatic carbocycles. The zero-order valence-corrected chi connectivity index (χ0v) is 15.1. The first-order valence-electron chi connectivity index (χ1n) is 7.92. The van der Waals surface area contributed by atoms with Crippen molar-refractivity contribution < 1.29 is 24.5 Å². The summed E-state index contributed by atoms with van der Waals surface area (Å²) in [6.45, 7) is -0.406. The van der Waals surface area contributed by atoms with Gasteiger partial charge in [0.15, 0.2) is 11.8 Å². The van der Waals surface area contributed by atoms with Gasteiger partial charge in [-0.25, -0.2) is 9.79 Å². The topological polar surface area (TPSA) is 99.4 Å². The number of aliphatic carboxylic acids is 1. The molecule has 0 aromatic heterocycles. The van der Waals surface area contributed by atoms with Crippen molar-refractivity contribution in [2.75, 3.05) is 13.7 Å². The smallest absolute Gasteiger partial charge is 0.341 e. The number of likely N-dealkylation sites (N-methyl/N-ethyl adjacent to an activating group) is 1. The van der Waals surface area contributed by atoms with Crippen molar-refractivity contribution in [3.8, 4) is 11.5 Å². The maximum Gasteiger partial charge on any atom is 0.341 e. The maximum absolute atomic E-state index is 12.4. The lowest BCUT2D eigenvalue weighted by Crippen LogP contribution is -2.23. The summed E-state index contributed by atoms with van der Waals surface area (Å²) in [5.74, 6) is -0.614. The van der Waals surface area contributed by atoms with Crippen molar-refractivity contribution in [2.45, 2.75) is 0 Å². The van der Waals surface area contributed by atoms with Crippen LogP contribution in [0.1, 0.15) is 5.56 Å². The first kappa shape index (κ1) is 18.5. The summed E-state index contributed by atoms with van der Waals surface area (Å²) >= 11 is 1.26. The van der Waals surface area contributed by atoms with E-state index in [0.717, 1.165) is 5.56 Å². The number of aromatic hydroxyl groups is 1. The van der Waals surface area contributed by atoms with Crippen molar-refractivity contribution in [3.05, 3.63) is 59.0 Å². The standard InChI is InChI=1S/C19H16N2O5S/c1-21-18(25)16(27-19(21)20-13-4-6-14(22)7-5-13)10-12-2-8-15(9-3-12)26-11-17(23)24/h2-10,22H,11H2,1H3,(H,23,24)/b16-10-,20-19?. The van der Waals surface area contributed by atoms with E-state index in [0.29, 0.717) is 21.5 Å². The number of hydrogen-bond donors (Lipinski definition) is 2. The molecule has 27 heavy (non-hydrogen) atoms. The summed E-state index contributed by atoms with van der Waals surface area (Å²) in [4.78, 5) is 29.4. The van der Waals surface area contributed by atoms with Crippen molar-refractivity contribution in [1.82, 2.24) is 4.90 Å². The SMILES string of the molecule is CN1C(=O)/C(=C/c2ccc(OCC(=O)O)cc2)SC1=Nc1ccc(O)cc1. The van der Waals surface area contributed by atoms with Gasteiger partial charge in [-0.2, -0.15) is 0 Å². The summed E-state index contributed by atoms with van der Waals surface area (Å²) in [5, 5.41) is 18.5. The Balaban J connectivity index is 1.75. The number of amidine groups is 1. The Labute approximate surface area is 159 Å². The van der Waals surface area contributed by atoms with Crippen molar-refractivity contribution in [3.63, 3.8) is 0 Å². The van der Waals surface area contributed by atoms with E-state index in [1.807, 2.05) is 0 Å². The molecule has 0 spiro atoms. The van der Waals surface area contributed by atoms with E-state index in [9.17, 15) is 14.7 Å². The van der Waals surface area contributed by atoms with Crippen LogP contribution in [-0.2, 0) is 9.59 Å². The molecule has 0 radical (unpaired) electrons. The molecule has 1 saturated heterocycles. The minimum absolute atomic E-state index is 0.152. The lowest BCUT2D eigenvalue weighted by Gasteiger charge is -2.07. The van der Waals surface area contributed by atoms with Crippen LogP contribution in [0, 0.1) is 0 Å². The second-order valence-corrected chi connectivity index (χ2v) is 6.65. The highest BCUT2D eigenvalue weighted by molar-refractivity contribution is 8.18. The highest BCUT2D eigenvalue weighted by Gasteiger charge is 2.30. The van der Waals surface area contributed by atoms with E-state index in [2.05, 4.69) is 4.99 Å². The van der Waals surface area contributed by atoms with Gasteiger partial charge in [0.1, 0.15) is 11.5 Å². The molecule has 0 atom stereocenters. The highest BCUT2D eigenvalue weighted by atomic mass is 32.2. The molecule has 2 N–H and O–H groups in total. The van der Waals surface area contributed by atoms with Crippen LogP contribution in [0.5, 0.6) is 11.5 Å².